The van der Waals surface area contributed by atoms with E-state index in [1.165, 1.54) is 16.9 Å². The molecule has 1 aromatic heterocycles. The zero-order chi connectivity index (χ0) is 17.5. The zero-order valence-corrected chi connectivity index (χ0v) is 14.8. The van der Waals surface area contributed by atoms with E-state index in [1.807, 2.05) is 29.0 Å². The van der Waals surface area contributed by atoms with Crippen LogP contribution < -0.4 is 15.4 Å². The molecule has 25 heavy (non-hydrogen) atoms. The van der Waals surface area contributed by atoms with Gasteiger partial charge in [0.05, 0.1) is 6.61 Å². The summed E-state index contributed by atoms with van der Waals surface area (Å²) in [5.41, 5.74) is 1.87. The van der Waals surface area contributed by atoms with Crippen LogP contribution in [0.2, 0.25) is 0 Å². The van der Waals surface area contributed by atoms with Crippen LogP contribution >= 0.6 is 11.3 Å². The number of thiophene rings is 1. The largest absolute Gasteiger partial charge is 0.493 e. The third-order valence-corrected chi connectivity index (χ3v) is 4.88. The molecule has 2 aromatic rings. The smallest absolute Gasteiger partial charge is 0.252 e. The summed E-state index contributed by atoms with van der Waals surface area (Å²) in [6.07, 6.45) is 1.97. The molecule has 0 fully saturated rings. The molecular weight excluding hydrogens is 336 g/mol. The first kappa shape index (κ1) is 17.5. The number of carbonyl (C=O) groups is 2. The number of para-hydroxylation sites is 1. The maximum Gasteiger partial charge on any atom is 0.252 e. The van der Waals surface area contributed by atoms with Gasteiger partial charge in [-0.25, -0.2) is 0 Å². The van der Waals surface area contributed by atoms with Crippen molar-refractivity contribution in [3.8, 4) is 5.75 Å². The van der Waals surface area contributed by atoms with Gasteiger partial charge in [0.1, 0.15) is 5.75 Å². The fourth-order valence-electron chi connectivity index (χ4n) is 2.82. The summed E-state index contributed by atoms with van der Waals surface area (Å²) in [5.74, 6) is 1.19. The second-order valence-electron chi connectivity index (χ2n) is 6.16. The van der Waals surface area contributed by atoms with Crippen molar-refractivity contribution in [1.29, 1.82) is 0 Å². The molecule has 1 aromatic carbocycles. The molecule has 0 bridgehead atoms. The predicted molar refractivity (Wildman–Crippen MR) is 98.0 cm³/mol. The molecule has 2 heterocycles. The SMILES string of the molecule is O=C(CCCNC(=O)c1ccsc1)NCC1COc2ccccc2C1. The van der Waals surface area contributed by atoms with E-state index in [4.69, 9.17) is 4.74 Å². The standard InChI is InChI=1S/C19H22N2O3S/c22-18(6-3-8-20-19(23)16-7-9-25-13-16)21-11-14-10-15-4-1-2-5-17(15)24-12-14/h1-2,4-5,7,9,13-14H,3,6,8,10-12H2,(H,20,23)(H,21,22). The molecular formula is C19H22N2O3S. The monoisotopic (exact) mass is 358 g/mol. The Kier molecular flexibility index (Phi) is 6.06. The van der Waals surface area contributed by atoms with Crippen LogP contribution in [-0.2, 0) is 11.2 Å². The van der Waals surface area contributed by atoms with Gasteiger partial charge in [-0.2, -0.15) is 11.3 Å². The average Bonchev–Trinajstić information content (AvgIpc) is 3.18. The van der Waals surface area contributed by atoms with E-state index in [9.17, 15) is 9.59 Å². The van der Waals surface area contributed by atoms with Crippen molar-refractivity contribution in [2.24, 2.45) is 5.92 Å². The van der Waals surface area contributed by atoms with E-state index in [2.05, 4.69) is 16.7 Å². The Morgan fingerprint density at radius 1 is 1.20 bits per heavy atom. The summed E-state index contributed by atoms with van der Waals surface area (Å²) < 4.78 is 5.73. The summed E-state index contributed by atoms with van der Waals surface area (Å²) >= 11 is 1.49. The van der Waals surface area contributed by atoms with Gasteiger partial charge in [-0.05, 0) is 35.9 Å². The first-order valence-corrected chi connectivity index (χ1v) is 9.44. The van der Waals surface area contributed by atoms with Gasteiger partial charge in [0, 0.05) is 36.4 Å². The van der Waals surface area contributed by atoms with Crippen LogP contribution in [0.4, 0.5) is 0 Å². The number of rotatable bonds is 7. The van der Waals surface area contributed by atoms with Crippen LogP contribution in [0.25, 0.3) is 0 Å². The van der Waals surface area contributed by atoms with Gasteiger partial charge in [0.25, 0.3) is 5.91 Å². The maximum absolute atomic E-state index is 11.9. The first-order valence-electron chi connectivity index (χ1n) is 8.50. The van der Waals surface area contributed by atoms with Gasteiger partial charge in [0.15, 0.2) is 0 Å². The van der Waals surface area contributed by atoms with Gasteiger partial charge in [-0.15, -0.1) is 0 Å². The second-order valence-corrected chi connectivity index (χ2v) is 6.94. The van der Waals surface area contributed by atoms with Crippen molar-refractivity contribution in [3.63, 3.8) is 0 Å². The number of nitrogens with one attached hydrogen (secondary N) is 2. The highest BCUT2D eigenvalue weighted by atomic mass is 32.1. The van der Waals surface area contributed by atoms with E-state index in [-0.39, 0.29) is 11.8 Å². The molecule has 0 spiro atoms. The predicted octanol–water partition coefficient (Wildman–Crippen LogP) is 2.63. The Morgan fingerprint density at radius 3 is 2.92 bits per heavy atom. The van der Waals surface area contributed by atoms with Crippen molar-refractivity contribution in [2.45, 2.75) is 19.3 Å². The van der Waals surface area contributed by atoms with E-state index in [1.54, 1.807) is 6.07 Å². The van der Waals surface area contributed by atoms with Gasteiger partial charge >= 0.3 is 0 Å². The van der Waals surface area contributed by atoms with Crippen LogP contribution in [0.3, 0.4) is 0 Å². The van der Waals surface area contributed by atoms with E-state index < -0.39 is 0 Å². The van der Waals surface area contributed by atoms with Crippen molar-refractivity contribution in [1.82, 2.24) is 10.6 Å². The number of amides is 2. The Hall–Kier alpha value is -2.34. The minimum Gasteiger partial charge on any atom is -0.493 e. The van der Waals surface area contributed by atoms with Crippen molar-refractivity contribution in [2.75, 3.05) is 19.7 Å². The number of hydrogen-bond donors (Lipinski definition) is 2. The molecule has 5 nitrogen and oxygen atoms in total. The minimum absolute atomic E-state index is 0.0173. The zero-order valence-electron chi connectivity index (χ0n) is 14.0. The Morgan fingerprint density at radius 2 is 2.08 bits per heavy atom. The lowest BCUT2D eigenvalue weighted by Crippen LogP contribution is -2.35. The molecule has 1 aliphatic rings. The minimum atomic E-state index is -0.0836. The first-order chi connectivity index (χ1) is 12.2. The van der Waals surface area contributed by atoms with Crippen LogP contribution in [0.15, 0.2) is 41.1 Å². The van der Waals surface area contributed by atoms with E-state index >= 15 is 0 Å². The summed E-state index contributed by atoms with van der Waals surface area (Å²) in [7, 11) is 0. The summed E-state index contributed by atoms with van der Waals surface area (Å²) in [5, 5.41) is 9.48. The third-order valence-electron chi connectivity index (χ3n) is 4.19. The molecule has 0 radical (unpaired) electrons. The lowest BCUT2D eigenvalue weighted by molar-refractivity contribution is -0.121. The number of ether oxygens (including phenoxy) is 1. The average molecular weight is 358 g/mol. The third kappa shape index (κ3) is 5.06. The molecule has 3 rings (SSSR count). The lowest BCUT2D eigenvalue weighted by atomic mass is 9.97. The van der Waals surface area contributed by atoms with Crippen LogP contribution in [0, 0.1) is 5.92 Å². The van der Waals surface area contributed by atoms with E-state index in [0.717, 1.165) is 12.2 Å². The van der Waals surface area contributed by atoms with Gasteiger partial charge < -0.3 is 15.4 Å². The van der Waals surface area contributed by atoms with E-state index in [0.29, 0.717) is 44.0 Å². The molecule has 0 saturated heterocycles. The molecule has 132 valence electrons. The molecule has 2 N–H and O–H groups in total. The highest BCUT2D eigenvalue weighted by molar-refractivity contribution is 7.08. The van der Waals surface area contributed by atoms with Crippen molar-refractivity contribution < 1.29 is 14.3 Å². The summed E-state index contributed by atoms with van der Waals surface area (Å²) in [6.45, 7) is 1.75. The van der Waals surface area contributed by atoms with Gasteiger partial charge in [0.2, 0.25) is 5.91 Å². The van der Waals surface area contributed by atoms with Crippen molar-refractivity contribution in [3.05, 3.63) is 52.2 Å². The molecule has 1 unspecified atom stereocenters. The quantitative estimate of drug-likeness (QED) is 0.748. The van der Waals surface area contributed by atoms with Gasteiger partial charge in [-0.1, -0.05) is 18.2 Å². The molecule has 1 atom stereocenters. The molecule has 0 saturated carbocycles. The van der Waals surface area contributed by atoms with Crippen molar-refractivity contribution >= 4 is 23.2 Å². The Bertz CT molecular complexity index is 715. The summed E-state index contributed by atoms with van der Waals surface area (Å²) in [4.78, 5) is 23.7. The van der Waals surface area contributed by atoms with Gasteiger partial charge in [-0.3, -0.25) is 9.59 Å². The van der Waals surface area contributed by atoms with Crippen LogP contribution in [0.1, 0.15) is 28.8 Å². The fraction of sp³-hybridized carbons (Fsp3) is 0.368. The number of hydrogen-bond acceptors (Lipinski definition) is 4. The van der Waals surface area contributed by atoms with Crippen LogP contribution in [-0.4, -0.2) is 31.5 Å². The lowest BCUT2D eigenvalue weighted by Gasteiger charge is -2.25. The molecule has 2 amide bonds. The summed E-state index contributed by atoms with van der Waals surface area (Å²) in [6, 6.07) is 9.82. The molecule has 6 heteroatoms. The number of carbonyl (C=O) groups excluding carboxylic acids is 2. The molecule has 0 aliphatic carbocycles. The number of benzene rings is 1. The Balaban J connectivity index is 1.30. The fourth-order valence-corrected chi connectivity index (χ4v) is 3.45. The highest BCUT2D eigenvalue weighted by Crippen LogP contribution is 2.26. The number of fused-ring (bicyclic) bond motifs is 1. The highest BCUT2D eigenvalue weighted by Gasteiger charge is 2.19. The maximum atomic E-state index is 11.9. The van der Waals surface area contributed by atoms with Crippen LogP contribution in [0.5, 0.6) is 5.75 Å². The topological polar surface area (TPSA) is 67.4 Å². The Labute approximate surface area is 151 Å². The molecule has 1 aliphatic heterocycles. The normalized spacial score (nSPS) is 15.8. The second kappa shape index (κ2) is 8.67.